The van der Waals surface area contributed by atoms with Crippen LogP contribution in [0.3, 0.4) is 0 Å². The van der Waals surface area contributed by atoms with Crippen molar-refractivity contribution < 1.29 is 0 Å². The lowest BCUT2D eigenvalue weighted by Crippen LogP contribution is -2.23. The second-order valence-electron chi connectivity index (χ2n) is 2.43. The topological polar surface area (TPSA) is 27.0 Å². The van der Waals surface area contributed by atoms with Crippen molar-refractivity contribution in [1.29, 1.82) is 5.26 Å². The van der Waals surface area contributed by atoms with Gasteiger partial charge in [0, 0.05) is 6.54 Å². The molecule has 0 heterocycles. The Labute approximate surface area is 62.4 Å². The number of nitriles is 1. The molecule has 0 fully saturated rings. The van der Waals surface area contributed by atoms with Crippen molar-refractivity contribution in [2.24, 2.45) is 5.92 Å². The molecule has 0 aliphatic carbocycles. The summed E-state index contributed by atoms with van der Waals surface area (Å²) in [5.41, 5.74) is 0. The average Bonchev–Trinajstić information content (AvgIpc) is 1.88. The molecule has 0 radical (unpaired) electrons. The Bertz CT molecular complexity index is 161. The molecule has 2 heteroatoms. The van der Waals surface area contributed by atoms with Gasteiger partial charge in [0.2, 0.25) is 0 Å². The normalized spacial score (nSPS) is 12.1. The Morgan fingerprint density at radius 2 is 2.30 bits per heavy atom. The molecule has 1 atom stereocenters. The molecule has 2 nitrogen and oxygen atoms in total. The minimum absolute atomic E-state index is 0.0679. The Morgan fingerprint density at radius 1 is 1.70 bits per heavy atom. The molecule has 0 aromatic carbocycles. The van der Waals surface area contributed by atoms with Gasteiger partial charge in [-0.3, -0.25) is 4.90 Å². The van der Waals surface area contributed by atoms with E-state index < -0.39 is 0 Å². The van der Waals surface area contributed by atoms with Crippen LogP contribution in [0.2, 0.25) is 0 Å². The lowest BCUT2D eigenvalue weighted by molar-refractivity contribution is 0.346. The van der Waals surface area contributed by atoms with Crippen LogP contribution in [0.1, 0.15) is 6.92 Å². The summed E-state index contributed by atoms with van der Waals surface area (Å²) in [6.45, 7) is 3.25. The summed E-state index contributed by atoms with van der Waals surface area (Å²) in [6.07, 6.45) is 5.07. The van der Waals surface area contributed by atoms with E-state index in [1.165, 1.54) is 0 Å². The minimum Gasteiger partial charge on any atom is -0.294 e. The summed E-state index contributed by atoms with van der Waals surface area (Å²) in [7, 11) is 1.91. The molecule has 0 saturated heterocycles. The summed E-state index contributed by atoms with van der Waals surface area (Å²) in [5, 5.41) is 8.42. The van der Waals surface area contributed by atoms with E-state index in [4.69, 9.17) is 11.7 Å². The van der Waals surface area contributed by atoms with Crippen LogP contribution in [0.15, 0.2) is 0 Å². The first-order chi connectivity index (χ1) is 4.70. The maximum atomic E-state index is 8.42. The molecule has 0 aliphatic rings. The van der Waals surface area contributed by atoms with E-state index in [-0.39, 0.29) is 5.92 Å². The van der Waals surface area contributed by atoms with Crippen LogP contribution in [0.25, 0.3) is 0 Å². The monoisotopic (exact) mass is 136 g/mol. The standard InChI is InChI=1S/C8H12N2/c1-4-5-10(3)7-8(2)6-9/h1,8H,5,7H2,2-3H3. The largest absolute Gasteiger partial charge is 0.294 e. The number of hydrogen-bond acceptors (Lipinski definition) is 2. The van der Waals surface area contributed by atoms with Gasteiger partial charge >= 0.3 is 0 Å². The van der Waals surface area contributed by atoms with Gasteiger partial charge in [-0.15, -0.1) is 6.42 Å². The quantitative estimate of drug-likeness (QED) is 0.534. The summed E-state index contributed by atoms with van der Waals surface area (Å²) in [6, 6.07) is 2.14. The fourth-order valence-corrected chi connectivity index (χ4v) is 0.729. The number of hydrogen-bond donors (Lipinski definition) is 0. The lowest BCUT2D eigenvalue weighted by Gasteiger charge is -2.13. The van der Waals surface area contributed by atoms with Crippen LogP contribution in [0, 0.1) is 29.6 Å². The maximum absolute atomic E-state index is 8.42. The molecule has 0 bridgehead atoms. The Balaban J connectivity index is 3.51. The number of nitrogens with zero attached hydrogens (tertiary/aromatic N) is 2. The predicted octanol–water partition coefficient (Wildman–Crippen LogP) is 0.711. The third kappa shape index (κ3) is 3.95. The smallest absolute Gasteiger partial charge is 0.0666 e. The summed E-state index contributed by atoms with van der Waals surface area (Å²) >= 11 is 0. The van der Waals surface area contributed by atoms with E-state index in [1.807, 2.05) is 18.9 Å². The summed E-state index contributed by atoms with van der Waals surface area (Å²) in [4.78, 5) is 1.95. The molecule has 10 heavy (non-hydrogen) atoms. The van der Waals surface area contributed by atoms with Gasteiger partial charge in [-0.2, -0.15) is 5.26 Å². The van der Waals surface area contributed by atoms with Crippen molar-refractivity contribution in [3.8, 4) is 18.4 Å². The van der Waals surface area contributed by atoms with E-state index in [2.05, 4.69) is 12.0 Å². The van der Waals surface area contributed by atoms with Crippen molar-refractivity contribution >= 4 is 0 Å². The molecule has 0 rings (SSSR count). The highest BCUT2D eigenvalue weighted by atomic mass is 15.1. The minimum atomic E-state index is 0.0679. The molecule has 0 aromatic rings. The third-order valence-electron chi connectivity index (χ3n) is 1.17. The molecule has 0 spiro atoms. The highest BCUT2D eigenvalue weighted by Gasteiger charge is 2.01. The zero-order valence-electron chi connectivity index (χ0n) is 6.46. The Kier molecular flexibility index (Phi) is 4.37. The van der Waals surface area contributed by atoms with Crippen LogP contribution in [0.5, 0.6) is 0 Å². The summed E-state index contributed by atoms with van der Waals surface area (Å²) in [5.74, 6) is 2.58. The van der Waals surface area contributed by atoms with Crippen LogP contribution >= 0.6 is 0 Å². The van der Waals surface area contributed by atoms with Gasteiger partial charge in [-0.25, -0.2) is 0 Å². The van der Waals surface area contributed by atoms with Crippen molar-refractivity contribution in [2.75, 3.05) is 20.1 Å². The van der Waals surface area contributed by atoms with Crippen molar-refractivity contribution in [2.45, 2.75) is 6.92 Å². The van der Waals surface area contributed by atoms with E-state index in [1.54, 1.807) is 0 Å². The number of terminal acetylenes is 1. The van der Waals surface area contributed by atoms with E-state index in [0.717, 1.165) is 6.54 Å². The fraction of sp³-hybridized carbons (Fsp3) is 0.625. The van der Waals surface area contributed by atoms with Gasteiger partial charge in [0.1, 0.15) is 0 Å². The highest BCUT2D eigenvalue weighted by Crippen LogP contribution is 1.93. The van der Waals surface area contributed by atoms with Crippen molar-refractivity contribution in [3.63, 3.8) is 0 Å². The zero-order chi connectivity index (χ0) is 7.98. The molecule has 0 aliphatic heterocycles. The molecule has 1 unspecified atom stereocenters. The Morgan fingerprint density at radius 3 is 2.70 bits per heavy atom. The van der Waals surface area contributed by atoms with Crippen LogP contribution in [0.4, 0.5) is 0 Å². The molecule has 0 saturated carbocycles. The molecular weight excluding hydrogens is 124 g/mol. The highest BCUT2D eigenvalue weighted by molar-refractivity contribution is 4.89. The van der Waals surface area contributed by atoms with Crippen molar-refractivity contribution in [3.05, 3.63) is 0 Å². The molecular formula is C8H12N2. The first-order valence-corrected chi connectivity index (χ1v) is 3.22. The second-order valence-corrected chi connectivity index (χ2v) is 2.43. The van der Waals surface area contributed by atoms with Crippen molar-refractivity contribution in [1.82, 2.24) is 4.90 Å². The Hall–Kier alpha value is -0.990. The third-order valence-corrected chi connectivity index (χ3v) is 1.17. The molecule has 0 aromatic heterocycles. The van der Waals surface area contributed by atoms with Gasteiger partial charge < -0.3 is 0 Å². The van der Waals surface area contributed by atoms with Gasteiger partial charge in [-0.05, 0) is 14.0 Å². The van der Waals surface area contributed by atoms with Gasteiger partial charge in [0.25, 0.3) is 0 Å². The lowest BCUT2D eigenvalue weighted by atomic mass is 10.2. The number of rotatable bonds is 3. The van der Waals surface area contributed by atoms with Crippen LogP contribution in [-0.4, -0.2) is 25.0 Å². The van der Waals surface area contributed by atoms with E-state index in [0.29, 0.717) is 6.54 Å². The first kappa shape index (κ1) is 9.01. The van der Waals surface area contributed by atoms with Crippen LogP contribution in [-0.2, 0) is 0 Å². The first-order valence-electron chi connectivity index (χ1n) is 3.22. The molecule has 0 N–H and O–H groups in total. The zero-order valence-corrected chi connectivity index (χ0v) is 6.46. The second kappa shape index (κ2) is 4.85. The summed E-state index contributed by atoms with van der Waals surface area (Å²) < 4.78 is 0. The maximum Gasteiger partial charge on any atom is 0.0666 e. The predicted molar refractivity (Wildman–Crippen MR) is 41.1 cm³/mol. The fourth-order valence-electron chi connectivity index (χ4n) is 0.729. The molecule has 0 amide bonds. The van der Waals surface area contributed by atoms with Gasteiger partial charge in [0.15, 0.2) is 0 Å². The SMILES string of the molecule is C#CCN(C)CC(C)C#N. The van der Waals surface area contributed by atoms with Gasteiger partial charge in [-0.1, -0.05) is 5.92 Å². The average molecular weight is 136 g/mol. The van der Waals surface area contributed by atoms with Crippen LogP contribution < -0.4 is 0 Å². The van der Waals surface area contributed by atoms with E-state index in [9.17, 15) is 0 Å². The molecule has 54 valence electrons. The van der Waals surface area contributed by atoms with E-state index >= 15 is 0 Å². The van der Waals surface area contributed by atoms with Gasteiger partial charge in [0.05, 0.1) is 18.5 Å².